The van der Waals surface area contributed by atoms with E-state index in [9.17, 15) is 14.7 Å². The molecule has 0 aromatic heterocycles. The zero-order valence-electron chi connectivity index (χ0n) is 22.2. The number of carbonyl (C=O) groups is 2. The molecule has 6 nitrogen and oxygen atoms in total. The molecule has 1 saturated heterocycles. The minimum atomic E-state index is -0.824. The minimum Gasteiger partial charge on any atom is -0.507 e. The van der Waals surface area contributed by atoms with E-state index < -0.39 is 17.7 Å². The van der Waals surface area contributed by atoms with Gasteiger partial charge in [-0.25, -0.2) is 0 Å². The van der Waals surface area contributed by atoms with Gasteiger partial charge in [-0.3, -0.25) is 14.5 Å². The summed E-state index contributed by atoms with van der Waals surface area (Å²) in [7, 11) is 0. The van der Waals surface area contributed by atoms with Crippen molar-refractivity contribution in [1.82, 2.24) is 0 Å². The Morgan fingerprint density at radius 3 is 2.32 bits per heavy atom. The molecule has 0 radical (unpaired) electrons. The molecule has 7 heteroatoms. The molecule has 1 aliphatic rings. The highest BCUT2D eigenvalue weighted by atomic mass is 35.5. The van der Waals surface area contributed by atoms with Gasteiger partial charge in [0.1, 0.15) is 11.5 Å². The average molecular weight is 533 g/mol. The molecule has 1 amide bonds. The Morgan fingerprint density at radius 2 is 1.71 bits per heavy atom. The molecule has 38 heavy (non-hydrogen) atoms. The molecule has 1 aliphatic heterocycles. The minimum absolute atomic E-state index is 0.0344. The van der Waals surface area contributed by atoms with Crippen molar-refractivity contribution in [2.45, 2.75) is 40.2 Å². The highest BCUT2D eigenvalue weighted by molar-refractivity contribution is 6.51. The summed E-state index contributed by atoms with van der Waals surface area (Å²) in [5.74, 6) is -0.974. The summed E-state index contributed by atoms with van der Waals surface area (Å²) < 4.78 is 5.77. The molecule has 1 atom stereocenters. The second-order valence-corrected chi connectivity index (χ2v) is 9.68. The average Bonchev–Trinajstić information content (AvgIpc) is 3.18. The van der Waals surface area contributed by atoms with Gasteiger partial charge in [-0.1, -0.05) is 36.7 Å². The molecule has 1 unspecified atom stereocenters. The summed E-state index contributed by atoms with van der Waals surface area (Å²) in [6.45, 7) is 10.4. The van der Waals surface area contributed by atoms with E-state index in [-0.39, 0.29) is 11.3 Å². The fourth-order valence-electron chi connectivity index (χ4n) is 4.82. The quantitative estimate of drug-likeness (QED) is 0.184. The first-order valence-corrected chi connectivity index (χ1v) is 13.3. The number of halogens is 1. The van der Waals surface area contributed by atoms with Crippen LogP contribution in [0.5, 0.6) is 5.75 Å². The molecule has 1 heterocycles. The number of Topliss-reactive ketones (excluding diaryl/α,β-unsaturated/α-hetero) is 1. The molecule has 0 spiro atoms. The third kappa shape index (κ3) is 5.27. The lowest BCUT2D eigenvalue weighted by Gasteiger charge is -2.27. The Hall–Kier alpha value is -3.77. The number of hydrogen-bond donors (Lipinski definition) is 1. The SMILES string of the molecule is CCCOc1ccc(/C(O)=C2\C(=O)C(=O)N(c3cccc(Cl)c3)C2c2ccc(N(CC)CC)cc2)cc1C. The lowest BCUT2D eigenvalue weighted by Crippen LogP contribution is -2.29. The molecule has 0 bridgehead atoms. The second kappa shape index (κ2) is 11.7. The first-order chi connectivity index (χ1) is 18.3. The highest BCUT2D eigenvalue weighted by Gasteiger charge is 2.47. The van der Waals surface area contributed by atoms with Crippen molar-refractivity contribution >= 4 is 40.4 Å². The Labute approximate surface area is 229 Å². The summed E-state index contributed by atoms with van der Waals surface area (Å²) in [5, 5.41) is 11.9. The van der Waals surface area contributed by atoms with Gasteiger partial charge in [-0.15, -0.1) is 0 Å². The van der Waals surface area contributed by atoms with Crippen LogP contribution in [-0.4, -0.2) is 36.5 Å². The number of nitrogens with zero attached hydrogens (tertiary/aromatic N) is 2. The molecule has 3 aromatic carbocycles. The molecule has 0 saturated carbocycles. The third-order valence-electron chi connectivity index (χ3n) is 6.78. The number of carbonyl (C=O) groups excluding carboxylic acids is 2. The van der Waals surface area contributed by atoms with E-state index in [1.54, 1.807) is 42.5 Å². The van der Waals surface area contributed by atoms with Crippen molar-refractivity contribution in [2.75, 3.05) is 29.5 Å². The Bertz CT molecular complexity index is 1360. The maximum Gasteiger partial charge on any atom is 0.300 e. The van der Waals surface area contributed by atoms with E-state index in [1.807, 2.05) is 38.1 Å². The molecule has 3 aromatic rings. The summed E-state index contributed by atoms with van der Waals surface area (Å²) in [6, 6.07) is 19.0. The van der Waals surface area contributed by atoms with Crippen molar-refractivity contribution in [2.24, 2.45) is 0 Å². The fourth-order valence-corrected chi connectivity index (χ4v) is 5.01. The van der Waals surface area contributed by atoms with Crippen LogP contribution in [0, 0.1) is 6.92 Å². The van der Waals surface area contributed by atoms with Gasteiger partial charge in [-0.05, 0) is 86.8 Å². The number of benzene rings is 3. The molecular weight excluding hydrogens is 500 g/mol. The number of aryl methyl sites for hydroxylation is 1. The number of aliphatic hydroxyl groups is 1. The Balaban J connectivity index is 1.86. The molecule has 1 fully saturated rings. The van der Waals surface area contributed by atoms with E-state index >= 15 is 0 Å². The van der Waals surface area contributed by atoms with Crippen LogP contribution in [0.2, 0.25) is 5.02 Å². The van der Waals surface area contributed by atoms with Gasteiger partial charge in [0.25, 0.3) is 11.7 Å². The van der Waals surface area contributed by atoms with E-state index in [0.717, 1.165) is 30.8 Å². The van der Waals surface area contributed by atoms with E-state index in [1.165, 1.54) is 4.90 Å². The Morgan fingerprint density at radius 1 is 1.00 bits per heavy atom. The summed E-state index contributed by atoms with van der Waals surface area (Å²) in [5.41, 5.74) is 3.54. The number of hydrogen-bond acceptors (Lipinski definition) is 5. The van der Waals surface area contributed by atoms with Crippen LogP contribution in [0.1, 0.15) is 49.9 Å². The fraction of sp³-hybridized carbons (Fsp3) is 0.290. The number of ketones is 1. The van der Waals surface area contributed by atoms with Crippen LogP contribution < -0.4 is 14.5 Å². The molecule has 1 N–H and O–H groups in total. The molecule has 198 valence electrons. The summed E-state index contributed by atoms with van der Waals surface area (Å²) >= 11 is 6.25. The normalized spacial score (nSPS) is 16.7. The zero-order chi connectivity index (χ0) is 27.4. The summed E-state index contributed by atoms with van der Waals surface area (Å²) in [6.07, 6.45) is 0.876. The van der Waals surface area contributed by atoms with Crippen LogP contribution in [-0.2, 0) is 9.59 Å². The van der Waals surface area contributed by atoms with Gasteiger partial charge in [0.05, 0.1) is 18.2 Å². The first-order valence-electron chi connectivity index (χ1n) is 13.0. The number of aliphatic hydroxyl groups excluding tert-OH is 1. The highest BCUT2D eigenvalue weighted by Crippen LogP contribution is 2.43. The number of amides is 1. The van der Waals surface area contributed by atoms with Crippen molar-refractivity contribution < 1.29 is 19.4 Å². The van der Waals surface area contributed by atoms with Crippen molar-refractivity contribution in [3.05, 3.63) is 94.0 Å². The third-order valence-corrected chi connectivity index (χ3v) is 7.01. The topological polar surface area (TPSA) is 70.1 Å². The number of ether oxygens (including phenoxy) is 1. The van der Waals surface area contributed by atoms with Crippen molar-refractivity contribution in [1.29, 1.82) is 0 Å². The first kappa shape index (κ1) is 27.3. The number of anilines is 2. The zero-order valence-corrected chi connectivity index (χ0v) is 23.0. The largest absolute Gasteiger partial charge is 0.507 e. The van der Waals surface area contributed by atoms with E-state index in [2.05, 4.69) is 18.7 Å². The van der Waals surface area contributed by atoms with Crippen molar-refractivity contribution in [3.8, 4) is 5.75 Å². The summed E-state index contributed by atoms with van der Waals surface area (Å²) in [4.78, 5) is 30.5. The lowest BCUT2D eigenvalue weighted by atomic mass is 9.94. The standard InChI is InChI=1S/C31H33ClN2O4/c1-5-17-38-26-16-13-22(18-20(26)4)29(35)27-28(21-11-14-24(15-12-21)33(6-2)7-3)34(31(37)30(27)36)25-10-8-9-23(32)19-25/h8-16,18-19,28,35H,5-7,17H2,1-4H3/b29-27+. The maximum absolute atomic E-state index is 13.5. The predicted molar refractivity (Wildman–Crippen MR) is 153 cm³/mol. The smallest absolute Gasteiger partial charge is 0.300 e. The lowest BCUT2D eigenvalue weighted by molar-refractivity contribution is -0.132. The van der Waals surface area contributed by atoms with Gasteiger partial charge in [-0.2, -0.15) is 0 Å². The van der Waals surface area contributed by atoms with Gasteiger partial charge in [0.15, 0.2) is 0 Å². The Kier molecular flexibility index (Phi) is 8.42. The monoisotopic (exact) mass is 532 g/mol. The van der Waals surface area contributed by atoms with Crippen molar-refractivity contribution in [3.63, 3.8) is 0 Å². The van der Waals surface area contributed by atoms with Gasteiger partial charge >= 0.3 is 0 Å². The number of rotatable bonds is 9. The van der Waals surface area contributed by atoms with E-state index in [0.29, 0.717) is 34.2 Å². The van der Waals surface area contributed by atoms with Gasteiger partial charge in [0, 0.05) is 35.1 Å². The van der Waals surface area contributed by atoms with Crippen LogP contribution >= 0.6 is 11.6 Å². The van der Waals surface area contributed by atoms with Crippen LogP contribution in [0.25, 0.3) is 5.76 Å². The molecule has 0 aliphatic carbocycles. The predicted octanol–water partition coefficient (Wildman–Crippen LogP) is 6.91. The second-order valence-electron chi connectivity index (χ2n) is 9.24. The van der Waals surface area contributed by atoms with Crippen LogP contribution in [0.3, 0.4) is 0 Å². The maximum atomic E-state index is 13.5. The van der Waals surface area contributed by atoms with E-state index in [4.69, 9.17) is 16.3 Å². The van der Waals surface area contributed by atoms with Gasteiger partial charge in [0.2, 0.25) is 0 Å². The van der Waals surface area contributed by atoms with Crippen LogP contribution in [0.4, 0.5) is 11.4 Å². The van der Waals surface area contributed by atoms with Gasteiger partial charge < -0.3 is 14.7 Å². The molecular formula is C31H33ClN2O4. The van der Waals surface area contributed by atoms with Crippen LogP contribution in [0.15, 0.2) is 72.3 Å². The molecule has 4 rings (SSSR count).